The molecule has 0 spiro atoms. The molecule has 0 fully saturated rings. The van der Waals surface area contributed by atoms with Gasteiger partial charge in [0.15, 0.2) is 0 Å². The van der Waals surface area contributed by atoms with Gasteiger partial charge in [-0.15, -0.1) is 0 Å². The van der Waals surface area contributed by atoms with Crippen LogP contribution >= 0.6 is 11.6 Å². The summed E-state index contributed by atoms with van der Waals surface area (Å²) in [6.45, 7) is 2.04. The van der Waals surface area contributed by atoms with Crippen LogP contribution in [0, 0.1) is 11.3 Å². The maximum atomic E-state index is 12.8. The van der Waals surface area contributed by atoms with Crippen LogP contribution in [0.15, 0.2) is 42.6 Å². The van der Waals surface area contributed by atoms with E-state index in [1.165, 1.54) is 0 Å². The molecule has 2 heterocycles. The normalized spacial score (nSPS) is 10.5. The van der Waals surface area contributed by atoms with Gasteiger partial charge in [-0.2, -0.15) is 5.26 Å². The Bertz CT molecular complexity index is 955. The van der Waals surface area contributed by atoms with Crippen molar-refractivity contribution >= 4 is 28.8 Å². The van der Waals surface area contributed by atoms with E-state index in [2.05, 4.69) is 16.4 Å². The third-order valence-corrected chi connectivity index (χ3v) is 3.83. The van der Waals surface area contributed by atoms with Gasteiger partial charge in [0.25, 0.3) is 5.91 Å². The zero-order valence-electron chi connectivity index (χ0n) is 13.1. The number of benzene rings is 1. The van der Waals surface area contributed by atoms with Crippen LogP contribution in [-0.2, 0) is 6.42 Å². The molecule has 0 aliphatic rings. The lowest BCUT2D eigenvalue weighted by Gasteiger charge is -2.07. The zero-order chi connectivity index (χ0) is 17.1. The van der Waals surface area contributed by atoms with E-state index in [1.54, 1.807) is 47.0 Å². The van der Waals surface area contributed by atoms with Crippen molar-refractivity contribution in [2.75, 3.05) is 5.32 Å². The Morgan fingerprint density at radius 2 is 2.21 bits per heavy atom. The van der Waals surface area contributed by atoms with E-state index in [0.717, 1.165) is 12.1 Å². The van der Waals surface area contributed by atoms with Gasteiger partial charge in [-0.1, -0.05) is 31.0 Å². The van der Waals surface area contributed by atoms with E-state index in [0.29, 0.717) is 34.0 Å². The molecule has 6 heteroatoms. The number of hydrogen-bond donors (Lipinski definition) is 1. The summed E-state index contributed by atoms with van der Waals surface area (Å²) in [4.78, 5) is 17.3. The van der Waals surface area contributed by atoms with Crippen molar-refractivity contribution in [3.8, 4) is 6.07 Å². The predicted octanol–water partition coefficient (Wildman–Crippen LogP) is 4.06. The van der Waals surface area contributed by atoms with E-state index in [9.17, 15) is 4.79 Å². The van der Waals surface area contributed by atoms with Crippen molar-refractivity contribution in [2.24, 2.45) is 0 Å². The molecule has 120 valence electrons. The van der Waals surface area contributed by atoms with Crippen molar-refractivity contribution in [1.82, 2.24) is 9.38 Å². The van der Waals surface area contributed by atoms with Gasteiger partial charge < -0.3 is 5.32 Å². The second kappa shape index (κ2) is 6.73. The highest BCUT2D eigenvalue weighted by molar-refractivity contribution is 6.30. The Balaban J connectivity index is 2.03. The lowest BCUT2D eigenvalue weighted by atomic mass is 10.2. The van der Waals surface area contributed by atoms with Crippen LogP contribution in [0.2, 0.25) is 5.02 Å². The number of carbonyl (C=O) groups is 1. The minimum atomic E-state index is -0.275. The van der Waals surface area contributed by atoms with Gasteiger partial charge in [0.1, 0.15) is 11.3 Å². The highest BCUT2D eigenvalue weighted by atomic mass is 35.5. The Labute approximate surface area is 144 Å². The van der Waals surface area contributed by atoms with Crippen molar-refractivity contribution in [1.29, 1.82) is 5.26 Å². The molecular weight excluding hydrogens is 324 g/mol. The first kappa shape index (κ1) is 16.0. The van der Waals surface area contributed by atoms with Gasteiger partial charge in [-0.05, 0) is 36.8 Å². The summed E-state index contributed by atoms with van der Waals surface area (Å²) in [6.07, 6.45) is 3.26. The molecular formula is C18H15ClN4O. The van der Waals surface area contributed by atoms with Crippen molar-refractivity contribution in [3.63, 3.8) is 0 Å². The second-order valence-corrected chi connectivity index (χ2v) is 5.82. The molecule has 2 aromatic heterocycles. The maximum Gasteiger partial charge on any atom is 0.274 e. The molecule has 0 atom stereocenters. The molecule has 0 radical (unpaired) electrons. The first-order chi connectivity index (χ1) is 11.6. The number of nitrogens with zero attached hydrogens (tertiary/aromatic N) is 3. The molecule has 3 aromatic rings. The van der Waals surface area contributed by atoms with Crippen LogP contribution in [0.25, 0.3) is 5.65 Å². The second-order valence-electron chi connectivity index (χ2n) is 5.38. The van der Waals surface area contributed by atoms with Crippen LogP contribution in [0.1, 0.15) is 35.1 Å². The number of anilines is 1. The van der Waals surface area contributed by atoms with Gasteiger partial charge >= 0.3 is 0 Å². The fourth-order valence-corrected chi connectivity index (χ4v) is 2.74. The lowest BCUT2D eigenvalue weighted by molar-refractivity contribution is 0.102. The molecule has 1 N–H and O–H groups in total. The topological polar surface area (TPSA) is 70.2 Å². The van der Waals surface area contributed by atoms with Gasteiger partial charge in [-0.25, -0.2) is 4.98 Å². The quantitative estimate of drug-likeness (QED) is 0.779. The number of aromatic nitrogens is 2. The number of nitrogens with one attached hydrogen (secondary N) is 1. The maximum absolute atomic E-state index is 12.8. The van der Waals surface area contributed by atoms with E-state index < -0.39 is 0 Å². The molecule has 0 aliphatic carbocycles. The summed E-state index contributed by atoms with van der Waals surface area (Å²) >= 11 is 6.07. The fraction of sp³-hybridized carbons (Fsp3) is 0.167. The number of halogens is 1. The third-order valence-electron chi connectivity index (χ3n) is 3.61. The van der Waals surface area contributed by atoms with Crippen LogP contribution in [-0.4, -0.2) is 15.3 Å². The minimum absolute atomic E-state index is 0.275. The average Bonchev–Trinajstić information content (AvgIpc) is 2.92. The molecule has 1 aromatic carbocycles. The highest BCUT2D eigenvalue weighted by Gasteiger charge is 2.19. The number of imidazole rings is 1. The van der Waals surface area contributed by atoms with E-state index in [4.69, 9.17) is 16.9 Å². The summed E-state index contributed by atoms with van der Waals surface area (Å²) in [5.74, 6) is -0.275. The first-order valence-electron chi connectivity index (χ1n) is 7.60. The number of fused-ring (bicyclic) bond motifs is 1. The first-order valence-corrected chi connectivity index (χ1v) is 7.98. The summed E-state index contributed by atoms with van der Waals surface area (Å²) < 4.78 is 1.71. The molecule has 0 saturated heterocycles. The van der Waals surface area contributed by atoms with Crippen molar-refractivity contribution < 1.29 is 4.79 Å². The number of nitriles is 1. The van der Waals surface area contributed by atoms with E-state index in [-0.39, 0.29) is 5.91 Å². The number of rotatable bonds is 4. The molecule has 0 unspecified atom stereocenters. The molecule has 24 heavy (non-hydrogen) atoms. The van der Waals surface area contributed by atoms with Crippen LogP contribution in [0.3, 0.4) is 0 Å². The number of pyridine rings is 1. The highest BCUT2D eigenvalue weighted by Crippen LogP contribution is 2.20. The number of hydrogen-bond acceptors (Lipinski definition) is 3. The van der Waals surface area contributed by atoms with E-state index in [1.807, 2.05) is 6.92 Å². The third kappa shape index (κ3) is 3.10. The largest absolute Gasteiger partial charge is 0.321 e. The summed E-state index contributed by atoms with van der Waals surface area (Å²) in [7, 11) is 0. The average molecular weight is 339 g/mol. The SMILES string of the molecule is CCCc1nc2ccc(Cl)cn2c1C(=O)Nc1cccc(C#N)c1. The molecule has 0 bridgehead atoms. The van der Waals surface area contributed by atoms with Crippen LogP contribution in [0.5, 0.6) is 0 Å². The minimum Gasteiger partial charge on any atom is -0.321 e. The Hall–Kier alpha value is -2.84. The van der Waals surface area contributed by atoms with Crippen molar-refractivity contribution in [2.45, 2.75) is 19.8 Å². The smallest absolute Gasteiger partial charge is 0.274 e. The van der Waals surface area contributed by atoms with Gasteiger partial charge in [0.05, 0.1) is 22.3 Å². The predicted molar refractivity (Wildman–Crippen MR) is 93.3 cm³/mol. The number of amides is 1. The van der Waals surface area contributed by atoms with Crippen molar-refractivity contribution in [3.05, 3.63) is 64.6 Å². The summed E-state index contributed by atoms with van der Waals surface area (Å²) in [5.41, 5.74) is 2.94. The Kier molecular flexibility index (Phi) is 4.50. The summed E-state index contributed by atoms with van der Waals surface area (Å²) in [5, 5.41) is 12.3. The summed E-state index contributed by atoms with van der Waals surface area (Å²) in [6, 6.07) is 12.4. The van der Waals surface area contributed by atoms with Crippen LogP contribution in [0.4, 0.5) is 5.69 Å². The number of aryl methyl sites for hydroxylation is 1. The number of carbonyl (C=O) groups excluding carboxylic acids is 1. The molecule has 0 aliphatic heterocycles. The van der Waals surface area contributed by atoms with E-state index >= 15 is 0 Å². The fourth-order valence-electron chi connectivity index (χ4n) is 2.58. The monoisotopic (exact) mass is 338 g/mol. The molecule has 0 saturated carbocycles. The Morgan fingerprint density at radius 3 is 2.96 bits per heavy atom. The van der Waals surface area contributed by atoms with Crippen LogP contribution < -0.4 is 5.32 Å². The van der Waals surface area contributed by atoms with Gasteiger partial charge in [0.2, 0.25) is 0 Å². The van der Waals surface area contributed by atoms with Gasteiger partial charge in [-0.3, -0.25) is 9.20 Å². The lowest BCUT2D eigenvalue weighted by Crippen LogP contribution is -2.16. The molecule has 3 rings (SSSR count). The molecule has 5 nitrogen and oxygen atoms in total. The molecule has 1 amide bonds. The zero-order valence-corrected chi connectivity index (χ0v) is 13.8. The standard InChI is InChI=1S/C18H15ClN4O/c1-2-4-15-17(23-11-13(19)7-8-16(23)22-15)18(24)21-14-6-3-5-12(9-14)10-20/h3,5-9,11H,2,4H2,1H3,(H,21,24). The Morgan fingerprint density at radius 1 is 1.38 bits per heavy atom. The van der Waals surface area contributed by atoms with Gasteiger partial charge in [0, 0.05) is 11.9 Å².